The number of ketones is 1. The number of fused-ring (bicyclic) bond motifs is 1. The number of Topliss-reactive ketones (excluding diaryl/α,β-unsaturated/α-hetero) is 1. The molecule has 0 aliphatic carbocycles. The lowest BCUT2D eigenvalue weighted by molar-refractivity contribution is -0.112. The quantitative estimate of drug-likeness (QED) is 0.552. The Balaban J connectivity index is 1.85. The molecule has 1 heterocycles. The fraction of sp³-hybridized carbons (Fsp3) is 0.200. The Morgan fingerprint density at radius 2 is 1.75 bits per heavy atom. The number of rotatable bonds is 4. The molecular weight excluding hydrogens is 300 g/mol. The molecule has 0 radical (unpaired) electrons. The van der Waals surface area contributed by atoms with Gasteiger partial charge in [0, 0.05) is 22.8 Å². The van der Waals surface area contributed by atoms with Crippen molar-refractivity contribution in [2.75, 3.05) is 5.32 Å². The Kier molecular flexibility index (Phi) is 4.21. The van der Waals surface area contributed by atoms with Crippen LogP contribution in [-0.4, -0.2) is 16.7 Å². The van der Waals surface area contributed by atoms with E-state index in [1.165, 1.54) is 5.56 Å². The van der Waals surface area contributed by atoms with Crippen molar-refractivity contribution < 1.29 is 9.59 Å². The van der Waals surface area contributed by atoms with Gasteiger partial charge in [0.15, 0.2) is 0 Å². The zero-order valence-corrected chi connectivity index (χ0v) is 14.0. The summed E-state index contributed by atoms with van der Waals surface area (Å²) in [6, 6.07) is 13.3. The third kappa shape index (κ3) is 3.08. The summed E-state index contributed by atoms with van der Waals surface area (Å²) >= 11 is 0. The van der Waals surface area contributed by atoms with Crippen LogP contribution in [0.5, 0.6) is 0 Å². The Bertz CT molecular complexity index is 905. The van der Waals surface area contributed by atoms with Crippen molar-refractivity contribution in [3.63, 3.8) is 0 Å². The Labute approximate surface area is 140 Å². The highest BCUT2D eigenvalue weighted by molar-refractivity contribution is 6.48. The van der Waals surface area contributed by atoms with E-state index in [4.69, 9.17) is 0 Å². The monoisotopic (exact) mass is 320 g/mol. The number of H-pyrrole nitrogens is 1. The predicted octanol–water partition coefficient (Wildman–Crippen LogP) is 4.42. The van der Waals surface area contributed by atoms with Gasteiger partial charge in [0.1, 0.15) is 0 Å². The molecule has 0 unspecified atom stereocenters. The summed E-state index contributed by atoms with van der Waals surface area (Å²) in [6.45, 7) is 6.20. The minimum atomic E-state index is -0.632. The topological polar surface area (TPSA) is 62.0 Å². The van der Waals surface area contributed by atoms with E-state index in [1.54, 1.807) is 18.3 Å². The maximum atomic E-state index is 12.5. The van der Waals surface area contributed by atoms with Crippen LogP contribution in [0.15, 0.2) is 48.7 Å². The van der Waals surface area contributed by atoms with Crippen molar-refractivity contribution in [2.24, 2.45) is 0 Å². The first-order chi connectivity index (χ1) is 11.5. The van der Waals surface area contributed by atoms with Crippen LogP contribution in [0, 0.1) is 6.92 Å². The SMILES string of the molecule is Cc1ccc(NC(=O)C(=O)c2c[nH]c3cc(C(C)C)ccc23)cc1. The summed E-state index contributed by atoms with van der Waals surface area (Å²) in [5, 5.41) is 3.42. The van der Waals surface area contributed by atoms with E-state index in [1.807, 2.05) is 37.3 Å². The Hall–Kier alpha value is -2.88. The first-order valence-electron chi connectivity index (χ1n) is 7.99. The van der Waals surface area contributed by atoms with Crippen molar-refractivity contribution in [1.82, 2.24) is 4.98 Å². The first-order valence-corrected chi connectivity index (χ1v) is 7.99. The normalized spacial score (nSPS) is 11.0. The van der Waals surface area contributed by atoms with Crippen LogP contribution in [0.4, 0.5) is 5.69 Å². The number of hydrogen-bond donors (Lipinski definition) is 2. The van der Waals surface area contributed by atoms with Gasteiger partial charge in [0.25, 0.3) is 11.7 Å². The molecule has 3 aromatic rings. The molecule has 3 rings (SSSR count). The molecule has 0 saturated heterocycles. The lowest BCUT2D eigenvalue weighted by Crippen LogP contribution is -2.22. The van der Waals surface area contributed by atoms with Gasteiger partial charge >= 0.3 is 0 Å². The highest BCUT2D eigenvalue weighted by atomic mass is 16.2. The van der Waals surface area contributed by atoms with Gasteiger partial charge in [-0.2, -0.15) is 0 Å². The van der Waals surface area contributed by atoms with Crippen molar-refractivity contribution in [1.29, 1.82) is 0 Å². The summed E-state index contributed by atoms with van der Waals surface area (Å²) in [7, 11) is 0. The number of aromatic amines is 1. The zero-order chi connectivity index (χ0) is 17.3. The highest BCUT2D eigenvalue weighted by Crippen LogP contribution is 2.24. The number of benzene rings is 2. The summed E-state index contributed by atoms with van der Waals surface area (Å²) in [5.41, 5.74) is 4.16. The van der Waals surface area contributed by atoms with Crippen LogP contribution in [0.3, 0.4) is 0 Å². The second-order valence-electron chi connectivity index (χ2n) is 6.31. The van der Waals surface area contributed by atoms with E-state index in [-0.39, 0.29) is 0 Å². The molecule has 0 atom stereocenters. The van der Waals surface area contributed by atoms with Crippen LogP contribution in [0.2, 0.25) is 0 Å². The fourth-order valence-electron chi connectivity index (χ4n) is 2.64. The van der Waals surface area contributed by atoms with Gasteiger partial charge in [-0.3, -0.25) is 9.59 Å². The number of carbonyl (C=O) groups is 2. The van der Waals surface area contributed by atoms with E-state index in [0.29, 0.717) is 17.2 Å². The zero-order valence-electron chi connectivity index (χ0n) is 14.0. The maximum absolute atomic E-state index is 12.5. The molecule has 4 nitrogen and oxygen atoms in total. The van der Waals surface area contributed by atoms with Crippen LogP contribution in [0.1, 0.15) is 41.3 Å². The lowest BCUT2D eigenvalue weighted by Gasteiger charge is -2.06. The molecule has 0 fully saturated rings. The van der Waals surface area contributed by atoms with E-state index >= 15 is 0 Å². The smallest absolute Gasteiger partial charge is 0.296 e. The summed E-state index contributed by atoms with van der Waals surface area (Å²) < 4.78 is 0. The molecule has 1 aromatic heterocycles. The molecule has 4 heteroatoms. The molecule has 0 saturated carbocycles. The maximum Gasteiger partial charge on any atom is 0.296 e. The second-order valence-corrected chi connectivity index (χ2v) is 6.31. The second kappa shape index (κ2) is 6.32. The van der Waals surface area contributed by atoms with Crippen LogP contribution in [0.25, 0.3) is 10.9 Å². The van der Waals surface area contributed by atoms with Gasteiger partial charge in [0.2, 0.25) is 0 Å². The summed E-state index contributed by atoms with van der Waals surface area (Å²) in [5.74, 6) is -0.770. The number of carbonyl (C=O) groups excluding carboxylic acids is 2. The standard InChI is InChI=1S/C20H20N2O2/c1-12(2)14-6-9-16-17(11-21-18(16)10-14)19(23)20(24)22-15-7-4-13(3)5-8-15/h4-12,21H,1-3H3,(H,22,24). The van der Waals surface area contributed by atoms with Crippen molar-refractivity contribution in [3.05, 3.63) is 65.4 Å². The molecule has 2 aromatic carbocycles. The predicted molar refractivity (Wildman–Crippen MR) is 96.5 cm³/mol. The number of aromatic nitrogens is 1. The average molecular weight is 320 g/mol. The van der Waals surface area contributed by atoms with E-state index in [0.717, 1.165) is 16.5 Å². The van der Waals surface area contributed by atoms with Gasteiger partial charge in [0.05, 0.1) is 5.56 Å². The van der Waals surface area contributed by atoms with Crippen LogP contribution in [-0.2, 0) is 4.79 Å². The molecule has 0 aliphatic rings. The van der Waals surface area contributed by atoms with Gasteiger partial charge < -0.3 is 10.3 Å². The van der Waals surface area contributed by atoms with Gasteiger partial charge in [-0.1, -0.05) is 43.7 Å². The summed E-state index contributed by atoms with van der Waals surface area (Å²) in [4.78, 5) is 27.8. The van der Waals surface area contributed by atoms with Gasteiger partial charge in [-0.25, -0.2) is 0 Å². The molecule has 0 bridgehead atoms. The molecule has 2 N–H and O–H groups in total. The van der Waals surface area contributed by atoms with Crippen molar-refractivity contribution in [3.8, 4) is 0 Å². The van der Waals surface area contributed by atoms with Gasteiger partial charge in [-0.05, 0) is 36.6 Å². The van der Waals surface area contributed by atoms with Crippen LogP contribution >= 0.6 is 0 Å². The third-order valence-electron chi connectivity index (χ3n) is 4.13. The van der Waals surface area contributed by atoms with Crippen molar-refractivity contribution in [2.45, 2.75) is 26.7 Å². The largest absolute Gasteiger partial charge is 0.360 e. The summed E-state index contributed by atoms with van der Waals surface area (Å²) in [6.07, 6.45) is 1.60. The Morgan fingerprint density at radius 1 is 1.04 bits per heavy atom. The first kappa shape index (κ1) is 16.0. The number of anilines is 1. The highest BCUT2D eigenvalue weighted by Gasteiger charge is 2.20. The molecule has 122 valence electrons. The number of aryl methyl sites for hydroxylation is 1. The third-order valence-corrected chi connectivity index (χ3v) is 4.13. The molecule has 0 spiro atoms. The molecule has 1 amide bonds. The minimum absolute atomic E-state index is 0.393. The number of hydrogen-bond acceptors (Lipinski definition) is 2. The Morgan fingerprint density at radius 3 is 2.42 bits per heavy atom. The van der Waals surface area contributed by atoms with E-state index in [9.17, 15) is 9.59 Å². The molecule has 24 heavy (non-hydrogen) atoms. The molecule has 0 aliphatic heterocycles. The molecular formula is C20H20N2O2. The fourth-order valence-corrected chi connectivity index (χ4v) is 2.64. The van der Waals surface area contributed by atoms with E-state index in [2.05, 4.69) is 24.1 Å². The van der Waals surface area contributed by atoms with Crippen LogP contribution < -0.4 is 5.32 Å². The van der Waals surface area contributed by atoms with Crippen molar-refractivity contribution >= 4 is 28.3 Å². The number of amides is 1. The number of nitrogens with one attached hydrogen (secondary N) is 2. The lowest BCUT2D eigenvalue weighted by atomic mass is 10.0. The average Bonchev–Trinajstić information content (AvgIpc) is 2.99. The van der Waals surface area contributed by atoms with Gasteiger partial charge in [-0.15, -0.1) is 0 Å². The minimum Gasteiger partial charge on any atom is -0.360 e. The van der Waals surface area contributed by atoms with E-state index < -0.39 is 11.7 Å².